The number of halogens is 3. The molecule has 1 saturated heterocycles. The minimum Gasteiger partial charge on any atom is -0.437 e. The number of pyridine rings is 1. The smallest absolute Gasteiger partial charge is 0.416 e. The molecule has 1 N–H and O–H groups in total. The SMILES string of the molecule is CCC1CN(C(=O)Cc2ccc(CN3CCN(CC)CC3)c(C(F)(F)F)c2)Cc2cc(Oc3ncnc4[nH]c(C5CC5)cc34)cnc21. The first-order valence-corrected chi connectivity index (χ1v) is 16.6. The number of fused-ring (bicyclic) bond motifs is 2. The number of alkyl halides is 3. The molecule has 7 rings (SSSR count). The number of aromatic nitrogens is 4. The number of nitrogens with zero attached hydrogens (tertiary/aromatic N) is 6. The van der Waals surface area contributed by atoms with E-state index in [4.69, 9.17) is 9.72 Å². The van der Waals surface area contributed by atoms with Crippen LogP contribution in [0.3, 0.4) is 0 Å². The average Bonchev–Trinajstić information content (AvgIpc) is 3.83. The van der Waals surface area contributed by atoms with E-state index in [9.17, 15) is 18.0 Å². The lowest BCUT2D eigenvalue weighted by atomic mass is 9.92. The third kappa shape index (κ3) is 6.85. The van der Waals surface area contributed by atoms with Crippen molar-refractivity contribution in [2.45, 2.75) is 70.6 Å². The van der Waals surface area contributed by atoms with Crippen molar-refractivity contribution in [3.63, 3.8) is 0 Å². The molecule has 4 aromatic rings. The summed E-state index contributed by atoms with van der Waals surface area (Å²) in [4.78, 5) is 36.5. The van der Waals surface area contributed by atoms with Crippen molar-refractivity contribution in [1.29, 1.82) is 0 Å². The van der Waals surface area contributed by atoms with Gasteiger partial charge in [-0.15, -0.1) is 0 Å². The molecule has 5 heterocycles. The van der Waals surface area contributed by atoms with Crippen LogP contribution < -0.4 is 4.74 Å². The van der Waals surface area contributed by atoms with E-state index in [1.807, 2.05) is 19.1 Å². The summed E-state index contributed by atoms with van der Waals surface area (Å²) in [7, 11) is 0. The topological polar surface area (TPSA) is 90.5 Å². The third-order valence-corrected chi connectivity index (χ3v) is 9.79. The van der Waals surface area contributed by atoms with Crippen LogP contribution in [0.1, 0.15) is 78.6 Å². The van der Waals surface area contributed by atoms with Gasteiger partial charge in [0.15, 0.2) is 0 Å². The third-order valence-electron chi connectivity index (χ3n) is 9.79. The molecule has 3 aliphatic rings. The summed E-state index contributed by atoms with van der Waals surface area (Å²) in [6.07, 6.45) is 1.62. The Morgan fingerprint density at radius 3 is 2.53 bits per heavy atom. The number of amides is 1. The lowest BCUT2D eigenvalue weighted by Crippen LogP contribution is -2.45. The van der Waals surface area contributed by atoms with Crippen molar-refractivity contribution in [3.05, 3.63) is 76.5 Å². The molecule has 0 bridgehead atoms. The number of carbonyl (C=O) groups excluding carboxylic acids is 1. The summed E-state index contributed by atoms with van der Waals surface area (Å²) in [5, 5.41) is 0.804. The maximum Gasteiger partial charge on any atom is 0.416 e. The van der Waals surface area contributed by atoms with Crippen LogP contribution in [-0.4, -0.2) is 79.8 Å². The zero-order valence-corrected chi connectivity index (χ0v) is 26.8. The summed E-state index contributed by atoms with van der Waals surface area (Å²) in [6.45, 7) is 9.26. The van der Waals surface area contributed by atoms with Crippen LogP contribution in [0.4, 0.5) is 13.2 Å². The van der Waals surface area contributed by atoms with Gasteiger partial charge in [0.05, 0.1) is 29.3 Å². The van der Waals surface area contributed by atoms with Gasteiger partial charge in [-0.25, -0.2) is 9.97 Å². The lowest BCUT2D eigenvalue weighted by Gasteiger charge is -2.34. The van der Waals surface area contributed by atoms with Crippen LogP contribution in [0.5, 0.6) is 11.6 Å². The van der Waals surface area contributed by atoms with Gasteiger partial charge in [-0.3, -0.25) is 14.7 Å². The molecule has 2 fully saturated rings. The Kier molecular flexibility index (Phi) is 8.65. The predicted octanol–water partition coefficient (Wildman–Crippen LogP) is 6.26. The van der Waals surface area contributed by atoms with Crippen molar-refractivity contribution in [3.8, 4) is 11.6 Å². The first kappa shape index (κ1) is 31.6. The summed E-state index contributed by atoms with van der Waals surface area (Å²) in [5.74, 6) is 1.26. The fourth-order valence-corrected chi connectivity index (χ4v) is 6.86. The first-order valence-electron chi connectivity index (χ1n) is 16.6. The van der Waals surface area contributed by atoms with Gasteiger partial charge in [-0.2, -0.15) is 13.2 Å². The van der Waals surface area contributed by atoms with Crippen LogP contribution in [-0.2, 0) is 30.5 Å². The van der Waals surface area contributed by atoms with E-state index in [2.05, 4.69) is 31.7 Å². The minimum absolute atomic E-state index is 0.00886. The largest absolute Gasteiger partial charge is 0.437 e. The minimum atomic E-state index is -4.51. The normalized spacial score (nSPS) is 19.3. The highest BCUT2D eigenvalue weighted by Crippen LogP contribution is 2.42. The van der Waals surface area contributed by atoms with E-state index < -0.39 is 11.7 Å². The fourth-order valence-electron chi connectivity index (χ4n) is 6.86. The van der Waals surface area contributed by atoms with Gasteiger partial charge in [0.2, 0.25) is 11.8 Å². The molecule has 0 radical (unpaired) electrons. The van der Waals surface area contributed by atoms with Crippen molar-refractivity contribution in [2.24, 2.45) is 0 Å². The van der Waals surface area contributed by atoms with Crippen LogP contribution in [0.2, 0.25) is 0 Å². The number of piperazine rings is 1. The Hall–Kier alpha value is -4.03. The number of benzene rings is 1. The van der Waals surface area contributed by atoms with E-state index in [0.717, 1.165) is 86.0 Å². The summed E-state index contributed by atoms with van der Waals surface area (Å²) in [5.41, 5.74) is 3.59. The Bertz CT molecular complexity index is 1760. The highest BCUT2D eigenvalue weighted by molar-refractivity contribution is 5.82. The Balaban J connectivity index is 1.07. The molecular formula is C35H40F3N7O2. The molecule has 47 heavy (non-hydrogen) atoms. The monoisotopic (exact) mass is 647 g/mol. The first-order chi connectivity index (χ1) is 22.7. The van der Waals surface area contributed by atoms with Gasteiger partial charge < -0.3 is 19.5 Å². The molecule has 3 aromatic heterocycles. The zero-order chi connectivity index (χ0) is 32.7. The highest BCUT2D eigenvalue weighted by atomic mass is 19.4. The number of rotatable bonds is 9. The Morgan fingerprint density at radius 2 is 1.81 bits per heavy atom. The highest BCUT2D eigenvalue weighted by Gasteiger charge is 2.35. The van der Waals surface area contributed by atoms with E-state index in [-0.39, 0.29) is 30.4 Å². The van der Waals surface area contributed by atoms with Crippen molar-refractivity contribution in [2.75, 3.05) is 39.3 Å². The van der Waals surface area contributed by atoms with Gasteiger partial charge in [0.25, 0.3) is 0 Å². The maximum absolute atomic E-state index is 14.2. The molecule has 1 atom stereocenters. The number of H-pyrrole nitrogens is 1. The van der Waals surface area contributed by atoms with Gasteiger partial charge in [-0.05, 0) is 66.6 Å². The van der Waals surface area contributed by atoms with Gasteiger partial charge in [0.1, 0.15) is 17.7 Å². The van der Waals surface area contributed by atoms with E-state index in [1.54, 1.807) is 23.2 Å². The molecule has 12 heteroatoms. The number of hydrogen-bond acceptors (Lipinski definition) is 7. The fraction of sp³-hybridized carbons (Fsp3) is 0.486. The second-order valence-corrected chi connectivity index (χ2v) is 13.0. The van der Waals surface area contributed by atoms with Crippen molar-refractivity contribution >= 4 is 16.9 Å². The molecule has 0 spiro atoms. The summed E-state index contributed by atoms with van der Waals surface area (Å²) < 4.78 is 48.9. The van der Waals surface area contributed by atoms with Gasteiger partial charge in [-0.1, -0.05) is 26.0 Å². The van der Waals surface area contributed by atoms with Gasteiger partial charge in [0, 0.05) is 57.4 Å². The number of nitrogens with one attached hydrogen (secondary N) is 1. The van der Waals surface area contributed by atoms with Crippen LogP contribution in [0, 0.1) is 0 Å². The number of hydrogen-bond donors (Lipinski definition) is 1. The molecular weight excluding hydrogens is 607 g/mol. The molecule has 2 aliphatic heterocycles. The quantitative estimate of drug-likeness (QED) is 0.230. The Morgan fingerprint density at radius 1 is 1.02 bits per heavy atom. The molecule has 1 amide bonds. The van der Waals surface area contributed by atoms with Crippen molar-refractivity contribution < 1.29 is 22.7 Å². The zero-order valence-electron chi connectivity index (χ0n) is 26.8. The number of aromatic amines is 1. The van der Waals surface area contributed by atoms with E-state index in [0.29, 0.717) is 36.2 Å². The molecule has 248 valence electrons. The number of likely N-dealkylation sites (N-methyl/N-ethyl adjacent to an activating group) is 1. The number of carbonyl (C=O) groups is 1. The molecule has 1 aromatic carbocycles. The maximum atomic E-state index is 14.2. The lowest BCUT2D eigenvalue weighted by molar-refractivity contribution is -0.139. The second-order valence-electron chi connectivity index (χ2n) is 13.0. The predicted molar refractivity (Wildman–Crippen MR) is 171 cm³/mol. The molecule has 9 nitrogen and oxygen atoms in total. The van der Waals surface area contributed by atoms with Crippen LogP contribution in [0.25, 0.3) is 11.0 Å². The van der Waals surface area contributed by atoms with Crippen LogP contribution >= 0.6 is 0 Å². The standard InChI is InChI=1S/C35H40F3N7O2/c1-3-23-19-45(31(46)14-22-5-6-25(29(13-22)35(36,37)38)18-44-11-9-43(4-2)10-12-44)20-26-15-27(17-39-32(23)26)47-34-28-16-30(24-7-8-24)42-33(28)40-21-41-34/h5-6,13,15-17,21,23-24H,3-4,7-12,14,18-20H2,1-2H3,(H,40,41,42). The van der Waals surface area contributed by atoms with E-state index in [1.165, 1.54) is 6.33 Å². The molecule has 1 saturated carbocycles. The second kappa shape index (κ2) is 12.9. The summed E-state index contributed by atoms with van der Waals surface area (Å²) >= 11 is 0. The number of ether oxygens (including phenoxy) is 1. The van der Waals surface area contributed by atoms with E-state index >= 15 is 0 Å². The summed E-state index contributed by atoms with van der Waals surface area (Å²) in [6, 6.07) is 8.32. The van der Waals surface area contributed by atoms with Crippen LogP contribution in [0.15, 0.2) is 42.9 Å². The Labute approximate surface area is 272 Å². The molecule has 1 aliphatic carbocycles. The van der Waals surface area contributed by atoms with Crippen molar-refractivity contribution in [1.82, 2.24) is 34.6 Å². The van der Waals surface area contributed by atoms with Gasteiger partial charge >= 0.3 is 6.18 Å². The molecule has 1 unspecified atom stereocenters. The average molecular weight is 648 g/mol.